The van der Waals surface area contributed by atoms with Crippen LogP contribution in [0.25, 0.3) is 0 Å². The molecule has 0 aliphatic heterocycles. The van der Waals surface area contributed by atoms with Gasteiger partial charge in [0.15, 0.2) is 0 Å². The Morgan fingerprint density at radius 3 is 2.48 bits per heavy atom. The average Bonchev–Trinajstić information content (AvgIpc) is 2.62. The van der Waals surface area contributed by atoms with E-state index in [1.54, 1.807) is 30.3 Å². The van der Waals surface area contributed by atoms with E-state index in [0.29, 0.717) is 28.3 Å². The standard InChI is InChI=1S/C18H18FNO4S/c1-23-16-8-5-14(19)9-13(16)10-25-11-17(21)20-15-6-3-12(4-7-15)18(22)24-2/h3-9H,10-11H2,1-2H3,(H,20,21). The van der Waals surface area contributed by atoms with Crippen LogP contribution in [0.3, 0.4) is 0 Å². The van der Waals surface area contributed by atoms with E-state index in [4.69, 9.17) is 4.74 Å². The Hall–Kier alpha value is -2.54. The maximum Gasteiger partial charge on any atom is 0.337 e. The summed E-state index contributed by atoms with van der Waals surface area (Å²) < 4.78 is 23.1. The Morgan fingerprint density at radius 2 is 1.84 bits per heavy atom. The molecule has 0 bridgehead atoms. The molecular weight excluding hydrogens is 345 g/mol. The number of methoxy groups -OCH3 is 2. The molecule has 7 heteroatoms. The second-order valence-corrected chi connectivity index (χ2v) is 6.05. The minimum absolute atomic E-state index is 0.189. The summed E-state index contributed by atoms with van der Waals surface area (Å²) in [7, 11) is 2.83. The minimum Gasteiger partial charge on any atom is -0.496 e. The van der Waals surface area contributed by atoms with Crippen LogP contribution in [0.2, 0.25) is 0 Å². The molecule has 0 unspecified atom stereocenters. The summed E-state index contributed by atoms with van der Waals surface area (Å²) in [6.07, 6.45) is 0. The normalized spacial score (nSPS) is 10.2. The number of benzene rings is 2. The number of ether oxygens (including phenoxy) is 2. The highest BCUT2D eigenvalue weighted by Gasteiger charge is 2.09. The number of carbonyl (C=O) groups is 2. The van der Waals surface area contributed by atoms with E-state index in [-0.39, 0.29) is 17.5 Å². The number of hydrogen-bond acceptors (Lipinski definition) is 5. The van der Waals surface area contributed by atoms with E-state index >= 15 is 0 Å². The van der Waals surface area contributed by atoms with Crippen LogP contribution in [0.1, 0.15) is 15.9 Å². The van der Waals surface area contributed by atoms with E-state index in [0.717, 1.165) is 0 Å². The van der Waals surface area contributed by atoms with Gasteiger partial charge < -0.3 is 14.8 Å². The first-order valence-corrected chi connectivity index (χ1v) is 8.57. The van der Waals surface area contributed by atoms with Gasteiger partial charge in [0, 0.05) is 17.0 Å². The molecule has 0 spiro atoms. The molecule has 2 aromatic carbocycles. The van der Waals surface area contributed by atoms with Crippen LogP contribution < -0.4 is 10.1 Å². The van der Waals surface area contributed by atoms with Crippen LogP contribution in [0.15, 0.2) is 42.5 Å². The van der Waals surface area contributed by atoms with Crippen molar-refractivity contribution >= 4 is 29.3 Å². The van der Waals surface area contributed by atoms with Gasteiger partial charge in [-0.2, -0.15) is 0 Å². The maximum absolute atomic E-state index is 13.3. The minimum atomic E-state index is -0.433. The van der Waals surface area contributed by atoms with Gasteiger partial charge in [0.05, 0.1) is 25.5 Å². The number of carbonyl (C=O) groups excluding carboxylic acids is 2. The molecule has 0 fully saturated rings. The zero-order valence-electron chi connectivity index (χ0n) is 13.9. The Labute approximate surface area is 149 Å². The molecule has 0 saturated carbocycles. The fraction of sp³-hybridized carbons (Fsp3) is 0.222. The first-order chi connectivity index (χ1) is 12.0. The Balaban J connectivity index is 1.85. The number of nitrogens with one attached hydrogen (secondary N) is 1. The molecule has 0 atom stereocenters. The van der Waals surface area contributed by atoms with Crippen molar-refractivity contribution in [2.75, 3.05) is 25.3 Å². The van der Waals surface area contributed by atoms with Crippen LogP contribution in [0.5, 0.6) is 5.75 Å². The number of amides is 1. The molecule has 0 aliphatic carbocycles. The summed E-state index contributed by atoms with van der Waals surface area (Å²) in [5, 5.41) is 2.74. The van der Waals surface area contributed by atoms with Gasteiger partial charge in [0.25, 0.3) is 0 Å². The summed E-state index contributed by atoms with van der Waals surface area (Å²) >= 11 is 1.35. The van der Waals surface area contributed by atoms with Crippen molar-refractivity contribution in [3.8, 4) is 5.75 Å². The van der Waals surface area contributed by atoms with E-state index < -0.39 is 5.97 Å². The molecule has 1 amide bonds. The molecule has 0 aliphatic rings. The van der Waals surface area contributed by atoms with Crippen molar-refractivity contribution in [1.29, 1.82) is 0 Å². The second kappa shape index (κ2) is 9.08. The molecule has 0 saturated heterocycles. The van der Waals surface area contributed by atoms with Crippen molar-refractivity contribution in [1.82, 2.24) is 0 Å². The zero-order valence-corrected chi connectivity index (χ0v) is 14.7. The maximum atomic E-state index is 13.3. The molecule has 5 nitrogen and oxygen atoms in total. The fourth-order valence-electron chi connectivity index (χ4n) is 2.12. The third kappa shape index (κ3) is 5.49. The Morgan fingerprint density at radius 1 is 1.12 bits per heavy atom. The smallest absolute Gasteiger partial charge is 0.337 e. The highest BCUT2D eigenvalue weighted by Crippen LogP contribution is 2.24. The SMILES string of the molecule is COC(=O)c1ccc(NC(=O)CSCc2cc(F)ccc2OC)cc1. The van der Waals surface area contributed by atoms with Gasteiger partial charge in [0.1, 0.15) is 11.6 Å². The predicted octanol–water partition coefficient (Wildman–Crippen LogP) is 3.49. The number of halogens is 1. The highest BCUT2D eigenvalue weighted by molar-refractivity contribution is 7.99. The third-order valence-electron chi connectivity index (χ3n) is 3.32. The van der Waals surface area contributed by atoms with Gasteiger partial charge in [-0.15, -0.1) is 11.8 Å². The first-order valence-electron chi connectivity index (χ1n) is 7.42. The van der Waals surface area contributed by atoms with Gasteiger partial charge in [0.2, 0.25) is 5.91 Å². The number of rotatable bonds is 7. The third-order valence-corrected chi connectivity index (χ3v) is 4.30. The molecule has 132 valence electrons. The number of esters is 1. The summed E-state index contributed by atoms with van der Waals surface area (Å²) in [5.41, 5.74) is 1.69. The average molecular weight is 363 g/mol. The van der Waals surface area contributed by atoms with Gasteiger partial charge in [-0.25, -0.2) is 9.18 Å². The Bertz CT molecular complexity index is 749. The largest absolute Gasteiger partial charge is 0.496 e. The lowest BCUT2D eigenvalue weighted by Crippen LogP contribution is -2.14. The summed E-state index contributed by atoms with van der Waals surface area (Å²) in [4.78, 5) is 23.3. The summed E-state index contributed by atoms with van der Waals surface area (Å²) in [5.74, 6) is 0.288. The van der Waals surface area contributed by atoms with E-state index in [2.05, 4.69) is 10.1 Å². The summed E-state index contributed by atoms with van der Waals surface area (Å²) in [6, 6.07) is 10.7. The van der Waals surface area contributed by atoms with Crippen molar-refractivity contribution in [2.45, 2.75) is 5.75 Å². The number of hydrogen-bond donors (Lipinski definition) is 1. The quantitative estimate of drug-likeness (QED) is 0.763. The van der Waals surface area contributed by atoms with Crippen LogP contribution in [0, 0.1) is 5.82 Å². The van der Waals surface area contributed by atoms with Gasteiger partial charge >= 0.3 is 5.97 Å². The molecule has 0 radical (unpaired) electrons. The molecule has 25 heavy (non-hydrogen) atoms. The van der Waals surface area contributed by atoms with E-state index in [1.807, 2.05) is 0 Å². The lowest BCUT2D eigenvalue weighted by atomic mass is 10.2. The number of thioether (sulfide) groups is 1. The van der Waals surface area contributed by atoms with E-state index in [9.17, 15) is 14.0 Å². The van der Waals surface area contributed by atoms with Gasteiger partial charge in [-0.3, -0.25) is 4.79 Å². The topological polar surface area (TPSA) is 64.6 Å². The lowest BCUT2D eigenvalue weighted by molar-refractivity contribution is -0.113. The van der Waals surface area contributed by atoms with Crippen molar-refractivity contribution in [3.05, 3.63) is 59.4 Å². The predicted molar refractivity (Wildman–Crippen MR) is 95.5 cm³/mol. The van der Waals surface area contributed by atoms with Gasteiger partial charge in [-0.1, -0.05) is 0 Å². The first kappa shape index (κ1) is 18.8. The lowest BCUT2D eigenvalue weighted by Gasteiger charge is -2.09. The summed E-state index contributed by atoms with van der Waals surface area (Å²) in [6.45, 7) is 0. The molecule has 2 aromatic rings. The molecular formula is C18H18FNO4S. The van der Waals surface area contributed by atoms with Crippen LogP contribution in [-0.2, 0) is 15.3 Å². The van der Waals surface area contributed by atoms with Crippen molar-refractivity contribution in [3.63, 3.8) is 0 Å². The Kier molecular flexibility index (Phi) is 6.82. The molecule has 0 heterocycles. The van der Waals surface area contributed by atoms with Crippen molar-refractivity contribution in [2.24, 2.45) is 0 Å². The van der Waals surface area contributed by atoms with Crippen LogP contribution in [0.4, 0.5) is 10.1 Å². The monoisotopic (exact) mass is 363 g/mol. The second-order valence-electron chi connectivity index (χ2n) is 5.07. The number of anilines is 1. The molecule has 2 rings (SSSR count). The van der Waals surface area contributed by atoms with Crippen LogP contribution >= 0.6 is 11.8 Å². The van der Waals surface area contributed by atoms with E-state index in [1.165, 1.54) is 38.1 Å². The molecule has 0 aromatic heterocycles. The van der Waals surface area contributed by atoms with Crippen LogP contribution in [-0.4, -0.2) is 31.8 Å². The molecule has 1 N–H and O–H groups in total. The van der Waals surface area contributed by atoms with Crippen molar-refractivity contribution < 1.29 is 23.5 Å². The highest BCUT2D eigenvalue weighted by atomic mass is 32.2. The van der Waals surface area contributed by atoms with Gasteiger partial charge in [-0.05, 0) is 42.5 Å². The zero-order chi connectivity index (χ0) is 18.2. The fourth-order valence-corrected chi connectivity index (χ4v) is 2.92.